The minimum Gasteiger partial charge on any atom is -0.495 e. The van der Waals surface area contributed by atoms with Crippen molar-refractivity contribution in [2.75, 3.05) is 24.4 Å². The van der Waals surface area contributed by atoms with Crippen LogP contribution in [0.25, 0.3) is 5.69 Å². The number of hydrogen-bond donors (Lipinski definition) is 2. The summed E-state index contributed by atoms with van der Waals surface area (Å²) in [6, 6.07) is 18.7. The Morgan fingerprint density at radius 1 is 1.05 bits per heavy atom. The van der Waals surface area contributed by atoms with Crippen LogP contribution in [0.2, 0.25) is 5.02 Å². The van der Waals surface area contributed by atoms with Gasteiger partial charge in [0.2, 0.25) is 5.91 Å². The average Bonchev–Trinajstić information content (AvgIpc) is 3.43. The minimum absolute atomic E-state index is 0.195. The number of carbonyl (C=O) groups excluding carboxylic acids is 1. The van der Waals surface area contributed by atoms with Crippen molar-refractivity contribution in [2.24, 2.45) is 0 Å². The molecule has 1 aliphatic heterocycles. The third-order valence-electron chi connectivity index (χ3n) is 7.04. The van der Waals surface area contributed by atoms with E-state index in [9.17, 15) is 4.79 Å². The zero-order valence-electron chi connectivity index (χ0n) is 22.9. The van der Waals surface area contributed by atoms with Crippen molar-refractivity contribution >= 4 is 46.2 Å². The normalized spacial score (nSPS) is 16.6. The lowest BCUT2D eigenvalue weighted by molar-refractivity contribution is -0.114. The fraction of sp³-hybridized carbons (Fsp3) is 0.233. The highest BCUT2D eigenvalue weighted by atomic mass is 35.5. The van der Waals surface area contributed by atoms with E-state index in [1.807, 2.05) is 54.6 Å². The number of ether oxygens (including phenoxy) is 2. The second-order valence-corrected chi connectivity index (χ2v) is 10.4. The lowest BCUT2D eigenvalue weighted by atomic mass is 9.96. The molecule has 0 radical (unpaired) electrons. The first kappa shape index (κ1) is 27.5. The van der Waals surface area contributed by atoms with E-state index >= 15 is 0 Å². The average molecular weight is 576 g/mol. The summed E-state index contributed by atoms with van der Waals surface area (Å²) in [5, 5.41) is 7.53. The molecule has 5 rings (SSSR count). The number of aryl methyl sites for hydroxylation is 1. The van der Waals surface area contributed by atoms with Crippen LogP contribution >= 0.6 is 23.8 Å². The van der Waals surface area contributed by atoms with Crippen molar-refractivity contribution in [3.05, 3.63) is 94.5 Å². The Labute approximate surface area is 243 Å². The number of halogens is 1. The molecular weight excluding hydrogens is 546 g/mol. The Balaban J connectivity index is 1.70. The molecule has 1 saturated heterocycles. The second-order valence-electron chi connectivity index (χ2n) is 9.54. The number of carbonyl (C=O) groups is 1. The van der Waals surface area contributed by atoms with Gasteiger partial charge in [0.1, 0.15) is 11.5 Å². The van der Waals surface area contributed by atoms with Crippen LogP contribution in [0.5, 0.6) is 11.5 Å². The van der Waals surface area contributed by atoms with Gasteiger partial charge in [-0.25, -0.2) is 0 Å². The smallest absolute Gasteiger partial charge is 0.221 e. The summed E-state index contributed by atoms with van der Waals surface area (Å²) in [5.41, 5.74) is 6.15. The summed E-state index contributed by atoms with van der Waals surface area (Å²) in [5.74, 6) is 1.08. The Morgan fingerprint density at radius 2 is 1.80 bits per heavy atom. The maximum Gasteiger partial charge on any atom is 0.221 e. The van der Waals surface area contributed by atoms with E-state index in [-0.39, 0.29) is 18.0 Å². The van der Waals surface area contributed by atoms with E-state index in [1.54, 1.807) is 20.4 Å². The molecule has 2 aromatic heterocycles. The number of nitrogens with one attached hydrogen (secondary N) is 2. The van der Waals surface area contributed by atoms with Crippen LogP contribution < -0.4 is 25.0 Å². The number of methoxy groups -OCH3 is 2. The van der Waals surface area contributed by atoms with Crippen LogP contribution in [0.15, 0.2) is 66.9 Å². The molecule has 1 aliphatic rings. The lowest BCUT2D eigenvalue weighted by Crippen LogP contribution is -2.29. The first-order chi connectivity index (χ1) is 19.2. The van der Waals surface area contributed by atoms with Crippen LogP contribution in [0, 0.1) is 13.8 Å². The van der Waals surface area contributed by atoms with Gasteiger partial charge in [-0.15, -0.1) is 0 Å². The van der Waals surface area contributed by atoms with Crippen molar-refractivity contribution in [3.8, 4) is 17.2 Å². The summed E-state index contributed by atoms with van der Waals surface area (Å²) in [4.78, 5) is 18.7. The number of pyridine rings is 1. The molecule has 2 atom stereocenters. The van der Waals surface area contributed by atoms with E-state index in [1.165, 1.54) is 6.92 Å². The third kappa shape index (κ3) is 4.98. The van der Waals surface area contributed by atoms with E-state index in [0.717, 1.165) is 34.0 Å². The monoisotopic (exact) mass is 575 g/mol. The maximum absolute atomic E-state index is 11.9. The number of anilines is 2. The highest BCUT2D eigenvalue weighted by molar-refractivity contribution is 7.80. The molecule has 10 heteroatoms. The van der Waals surface area contributed by atoms with Gasteiger partial charge in [0.05, 0.1) is 43.4 Å². The fourth-order valence-electron chi connectivity index (χ4n) is 5.38. The molecule has 3 heterocycles. The summed E-state index contributed by atoms with van der Waals surface area (Å²) >= 11 is 12.3. The molecule has 0 spiro atoms. The second kappa shape index (κ2) is 11.2. The Morgan fingerprint density at radius 3 is 2.48 bits per heavy atom. The zero-order chi connectivity index (χ0) is 28.6. The van der Waals surface area contributed by atoms with Gasteiger partial charge in [0.25, 0.3) is 0 Å². The molecule has 1 fully saturated rings. The van der Waals surface area contributed by atoms with Gasteiger partial charge >= 0.3 is 0 Å². The van der Waals surface area contributed by atoms with Crippen LogP contribution in [-0.4, -0.2) is 34.8 Å². The van der Waals surface area contributed by atoms with Crippen molar-refractivity contribution in [1.82, 2.24) is 14.9 Å². The molecule has 4 aromatic rings. The molecule has 2 aromatic carbocycles. The van der Waals surface area contributed by atoms with E-state index < -0.39 is 0 Å². The van der Waals surface area contributed by atoms with Gasteiger partial charge in [-0.05, 0) is 86.2 Å². The van der Waals surface area contributed by atoms with Gasteiger partial charge in [0, 0.05) is 35.2 Å². The van der Waals surface area contributed by atoms with Crippen LogP contribution in [0.4, 0.5) is 11.4 Å². The summed E-state index contributed by atoms with van der Waals surface area (Å²) < 4.78 is 13.3. The molecule has 1 amide bonds. The molecule has 40 heavy (non-hydrogen) atoms. The highest BCUT2D eigenvalue weighted by Gasteiger charge is 2.42. The lowest BCUT2D eigenvalue weighted by Gasteiger charge is -2.29. The minimum atomic E-state index is -0.258. The summed E-state index contributed by atoms with van der Waals surface area (Å²) in [6.07, 6.45) is 1.78. The molecule has 206 valence electrons. The quantitative estimate of drug-likeness (QED) is 0.250. The predicted molar refractivity (Wildman–Crippen MR) is 162 cm³/mol. The van der Waals surface area contributed by atoms with Crippen LogP contribution in [0.1, 0.15) is 41.7 Å². The number of amides is 1. The molecule has 8 nitrogen and oxygen atoms in total. The number of rotatable bonds is 7. The van der Waals surface area contributed by atoms with Crippen LogP contribution in [-0.2, 0) is 4.79 Å². The van der Waals surface area contributed by atoms with Gasteiger partial charge in [-0.3, -0.25) is 9.78 Å². The Bertz CT molecular complexity index is 1590. The molecule has 2 N–H and O–H groups in total. The van der Waals surface area contributed by atoms with E-state index in [2.05, 4.69) is 45.0 Å². The SMILES string of the molecule is COc1ccc(N2C(=S)N[C@@H](c3ccccn3)[C@@H]2c2cc(C)n(-c3cc(Cl)ccc3OC)c2C)cc1NC(C)=O. The molecule has 0 unspecified atom stereocenters. The fourth-order valence-corrected chi connectivity index (χ4v) is 5.89. The van der Waals surface area contributed by atoms with Crippen LogP contribution in [0.3, 0.4) is 0 Å². The number of nitrogens with zero attached hydrogens (tertiary/aromatic N) is 3. The van der Waals surface area contributed by atoms with Gasteiger partial charge < -0.3 is 29.6 Å². The van der Waals surface area contributed by atoms with E-state index in [0.29, 0.717) is 27.3 Å². The topological polar surface area (TPSA) is 80.7 Å². The first-order valence-corrected chi connectivity index (χ1v) is 13.5. The standard InChI is InChI=1S/C30H30ClN5O3S/c1-17-14-22(18(2)35(17)25-15-20(31)9-11-27(25)39-5)29-28(23-8-6-7-13-32-23)34-30(40)36(29)21-10-12-26(38-4)24(16-21)33-19(3)37/h6-16,28-29H,1-5H3,(H,33,37)(H,34,40)/t28-,29-/m0/s1. The number of hydrogen-bond acceptors (Lipinski definition) is 5. The van der Waals surface area contributed by atoms with Crippen molar-refractivity contribution < 1.29 is 14.3 Å². The van der Waals surface area contributed by atoms with Crippen molar-refractivity contribution in [1.29, 1.82) is 0 Å². The van der Waals surface area contributed by atoms with Crippen molar-refractivity contribution in [3.63, 3.8) is 0 Å². The number of thiocarbonyl (C=S) groups is 1. The molecular formula is C30H30ClN5O3S. The Hall–Kier alpha value is -4.08. The molecule has 0 saturated carbocycles. The van der Waals surface area contributed by atoms with E-state index in [4.69, 9.17) is 33.3 Å². The van der Waals surface area contributed by atoms with Gasteiger partial charge in [-0.1, -0.05) is 17.7 Å². The van der Waals surface area contributed by atoms with Gasteiger partial charge in [-0.2, -0.15) is 0 Å². The predicted octanol–water partition coefficient (Wildman–Crippen LogP) is 6.30. The third-order valence-corrected chi connectivity index (χ3v) is 7.59. The number of benzene rings is 2. The Kier molecular flexibility index (Phi) is 7.69. The van der Waals surface area contributed by atoms with Gasteiger partial charge in [0.15, 0.2) is 5.11 Å². The number of aromatic nitrogens is 2. The zero-order valence-corrected chi connectivity index (χ0v) is 24.4. The largest absolute Gasteiger partial charge is 0.495 e. The summed E-state index contributed by atoms with van der Waals surface area (Å²) in [7, 11) is 3.22. The maximum atomic E-state index is 11.9. The highest BCUT2D eigenvalue weighted by Crippen LogP contribution is 2.45. The first-order valence-electron chi connectivity index (χ1n) is 12.7. The molecule has 0 aliphatic carbocycles. The summed E-state index contributed by atoms with van der Waals surface area (Å²) in [6.45, 7) is 5.60. The molecule has 0 bridgehead atoms. The van der Waals surface area contributed by atoms with Crippen molar-refractivity contribution in [2.45, 2.75) is 32.9 Å².